The van der Waals surface area contributed by atoms with E-state index in [1.807, 2.05) is 24.5 Å². The van der Waals surface area contributed by atoms with Crippen molar-refractivity contribution in [2.45, 2.75) is 56.7 Å². The summed E-state index contributed by atoms with van der Waals surface area (Å²) in [5, 5.41) is 11.4. The predicted molar refractivity (Wildman–Crippen MR) is 135 cm³/mol. The van der Waals surface area contributed by atoms with E-state index in [-0.39, 0.29) is 18.5 Å². The van der Waals surface area contributed by atoms with Gasteiger partial charge < -0.3 is 20.4 Å². The van der Waals surface area contributed by atoms with Crippen LogP contribution in [0.5, 0.6) is 0 Å². The normalized spacial score (nSPS) is 18.5. The van der Waals surface area contributed by atoms with Crippen molar-refractivity contribution in [2.24, 2.45) is 0 Å². The molecule has 0 radical (unpaired) electrons. The Balaban J connectivity index is 1.23. The maximum Gasteiger partial charge on any atom is 0.255 e. The van der Waals surface area contributed by atoms with Crippen LogP contribution in [0.2, 0.25) is 0 Å². The van der Waals surface area contributed by atoms with Gasteiger partial charge in [-0.1, -0.05) is 19.3 Å². The van der Waals surface area contributed by atoms with Crippen molar-refractivity contribution in [3.63, 3.8) is 0 Å². The Labute approximate surface area is 207 Å². The lowest BCUT2D eigenvalue weighted by Gasteiger charge is -2.29. The van der Waals surface area contributed by atoms with Crippen molar-refractivity contribution < 1.29 is 13.9 Å². The van der Waals surface area contributed by atoms with E-state index < -0.39 is 5.67 Å². The monoisotopic (exact) mass is 491 g/mol. The van der Waals surface area contributed by atoms with Gasteiger partial charge in [0.05, 0.1) is 23.8 Å². The Morgan fingerprint density at radius 1 is 1.22 bits per heavy atom. The van der Waals surface area contributed by atoms with E-state index in [1.165, 1.54) is 0 Å². The summed E-state index contributed by atoms with van der Waals surface area (Å²) >= 11 is 0. The summed E-state index contributed by atoms with van der Waals surface area (Å²) in [6.07, 6.45) is 12.8. The van der Waals surface area contributed by atoms with Crippen LogP contribution in [0.25, 0.3) is 27.7 Å². The average molecular weight is 492 g/mol. The molecule has 1 aliphatic carbocycles. The number of carbonyl (C=O) groups excluding carboxylic acids is 1. The maximum atomic E-state index is 15.0. The lowest BCUT2D eigenvalue weighted by molar-refractivity contribution is 0.0697. The fourth-order valence-corrected chi connectivity index (χ4v) is 5.26. The zero-order valence-electron chi connectivity index (χ0n) is 20.1. The fraction of sp³-hybridized carbons (Fsp3) is 0.462. The van der Waals surface area contributed by atoms with Crippen LogP contribution in [0.15, 0.2) is 36.9 Å². The number of fused-ring (bicyclic) bond motifs is 2. The van der Waals surface area contributed by atoms with E-state index in [0.29, 0.717) is 43.2 Å². The predicted octanol–water partition coefficient (Wildman–Crippen LogP) is 4.27. The van der Waals surface area contributed by atoms with Crippen LogP contribution in [0.4, 0.5) is 10.3 Å². The molecule has 4 aromatic rings. The molecule has 0 unspecified atom stereocenters. The first-order chi connectivity index (χ1) is 17.6. The number of carbonyl (C=O) groups is 1. The molecule has 0 atom stereocenters. The molecule has 9 nitrogen and oxygen atoms in total. The number of amides is 1. The van der Waals surface area contributed by atoms with Gasteiger partial charge in [0.2, 0.25) is 5.95 Å². The third kappa shape index (κ3) is 4.53. The molecule has 1 saturated heterocycles. The quantitative estimate of drug-likeness (QED) is 0.372. The molecule has 188 valence electrons. The Bertz CT molecular complexity index is 1390. The minimum atomic E-state index is -1.19. The number of hydrogen-bond acceptors (Lipinski definition) is 6. The van der Waals surface area contributed by atoms with Crippen molar-refractivity contribution in [3.05, 3.63) is 42.5 Å². The zero-order valence-corrected chi connectivity index (χ0v) is 20.1. The molecule has 1 amide bonds. The lowest BCUT2D eigenvalue weighted by Crippen LogP contribution is -2.38. The summed E-state index contributed by atoms with van der Waals surface area (Å²) in [6, 6.07) is 4.02. The van der Waals surface area contributed by atoms with E-state index in [2.05, 4.69) is 30.7 Å². The first-order valence-electron chi connectivity index (χ1n) is 12.7. The highest BCUT2D eigenvalue weighted by molar-refractivity contribution is 6.02. The number of H-pyrrole nitrogens is 1. The molecule has 1 saturated carbocycles. The number of rotatable bonds is 6. The molecule has 5 heterocycles. The molecule has 0 aromatic carbocycles. The van der Waals surface area contributed by atoms with E-state index in [1.54, 1.807) is 16.9 Å². The van der Waals surface area contributed by atoms with Gasteiger partial charge in [0, 0.05) is 48.8 Å². The van der Waals surface area contributed by atoms with Crippen LogP contribution >= 0.6 is 0 Å². The minimum absolute atomic E-state index is 0.114. The van der Waals surface area contributed by atoms with Gasteiger partial charge in [-0.3, -0.25) is 4.79 Å². The Kier molecular flexibility index (Phi) is 6.04. The van der Waals surface area contributed by atoms with Crippen LogP contribution in [-0.2, 0) is 4.74 Å². The van der Waals surface area contributed by atoms with Gasteiger partial charge in [-0.2, -0.15) is 10.1 Å². The van der Waals surface area contributed by atoms with Gasteiger partial charge in [-0.25, -0.2) is 13.9 Å². The summed E-state index contributed by atoms with van der Waals surface area (Å²) < 4.78 is 22.0. The van der Waals surface area contributed by atoms with E-state index in [9.17, 15) is 9.18 Å². The highest BCUT2D eigenvalue weighted by Crippen LogP contribution is 2.32. The third-order valence-corrected chi connectivity index (χ3v) is 7.38. The van der Waals surface area contributed by atoms with Gasteiger partial charge in [0.15, 0.2) is 0 Å². The number of halogens is 1. The van der Waals surface area contributed by atoms with Crippen molar-refractivity contribution in [1.29, 1.82) is 0 Å². The summed E-state index contributed by atoms with van der Waals surface area (Å²) in [6.45, 7) is 1.55. The largest absolute Gasteiger partial charge is 0.381 e. The van der Waals surface area contributed by atoms with Crippen molar-refractivity contribution in [3.8, 4) is 11.1 Å². The second kappa shape index (κ2) is 9.50. The van der Waals surface area contributed by atoms with Gasteiger partial charge in [0.25, 0.3) is 5.91 Å². The second-order valence-electron chi connectivity index (χ2n) is 9.89. The molecule has 4 aromatic heterocycles. The number of aromatic amines is 1. The zero-order chi connectivity index (χ0) is 24.5. The number of ether oxygens (including phenoxy) is 1. The number of nitrogens with one attached hydrogen (secondary N) is 3. The number of alkyl halides is 1. The summed E-state index contributed by atoms with van der Waals surface area (Å²) in [7, 11) is 0. The SMILES string of the molecule is O=C(NC1CCOCC1)c1cnn2ccc(-c3c[nH]c4nc(NCC5(F)CCCCC5)ncc34)cc12. The van der Waals surface area contributed by atoms with E-state index >= 15 is 0 Å². The number of nitrogens with zero attached hydrogens (tertiary/aromatic N) is 4. The van der Waals surface area contributed by atoms with Gasteiger partial charge in [-0.05, 0) is 43.4 Å². The molecule has 2 fully saturated rings. The molecule has 10 heteroatoms. The van der Waals surface area contributed by atoms with E-state index in [4.69, 9.17) is 4.74 Å². The standard InChI is InChI=1S/C26H30FN7O2/c27-26(7-2-1-3-8-26)16-30-25-29-14-20-19(13-28-23(20)33-25)17-4-9-34-22(12-17)21(15-31-34)24(35)32-18-5-10-36-11-6-18/h4,9,12-15,18H,1-3,5-8,10-11,16H2,(H,32,35)(H2,28,29,30,33). The number of anilines is 1. The topological polar surface area (TPSA) is 109 Å². The van der Waals surface area contributed by atoms with Gasteiger partial charge in [-0.15, -0.1) is 0 Å². The Hall–Kier alpha value is -3.53. The summed E-state index contributed by atoms with van der Waals surface area (Å²) in [5.41, 5.74) is 2.59. The minimum Gasteiger partial charge on any atom is -0.381 e. The van der Waals surface area contributed by atoms with Crippen LogP contribution in [-0.4, -0.2) is 61.9 Å². The third-order valence-electron chi connectivity index (χ3n) is 7.38. The molecule has 36 heavy (non-hydrogen) atoms. The molecule has 1 aliphatic heterocycles. The molecule has 3 N–H and O–H groups in total. The first-order valence-corrected chi connectivity index (χ1v) is 12.7. The average Bonchev–Trinajstić information content (AvgIpc) is 3.52. The van der Waals surface area contributed by atoms with Crippen LogP contribution in [0, 0.1) is 0 Å². The number of pyridine rings is 1. The smallest absolute Gasteiger partial charge is 0.255 e. The molecular formula is C26H30FN7O2. The maximum absolute atomic E-state index is 15.0. The van der Waals surface area contributed by atoms with Crippen LogP contribution < -0.4 is 10.6 Å². The number of aromatic nitrogens is 5. The van der Waals surface area contributed by atoms with Gasteiger partial charge >= 0.3 is 0 Å². The number of hydrogen-bond donors (Lipinski definition) is 3. The fourth-order valence-electron chi connectivity index (χ4n) is 5.26. The first kappa shape index (κ1) is 22.9. The molecule has 0 spiro atoms. The Morgan fingerprint density at radius 2 is 2.06 bits per heavy atom. The molecule has 0 bridgehead atoms. The Morgan fingerprint density at radius 3 is 2.89 bits per heavy atom. The molecular weight excluding hydrogens is 461 g/mol. The van der Waals surface area contributed by atoms with Crippen molar-refractivity contribution in [1.82, 2.24) is 29.9 Å². The molecule has 2 aliphatic rings. The second-order valence-corrected chi connectivity index (χ2v) is 9.89. The highest BCUT2D eigenvalue weighted by atomic mass is 19.1. The highest BCUT2D eigenvalue weighted by Gasteiger charge is 2.31. The summed E-state index contributed by atoms with van der Waals surface area (Å²) in [4.78, 5) is 25.2. The van der Waals surface area contributed by atoms with E-state index in [0.717, 1.165) is 54.1 Å². The lowest BCUT2D eigenvalue weighted by atomic mass is 9.86. The molecule has 6 rings (SSSR count). The summed E-state index contributed by atoms with van der Waals surface area (Å²) in [5.74, 6) is 0.285. The van der Waals surface area contributed by atoms with Crippen LogP contribution in [0.3, 0.4) is 0 Å². The van der Waals surface area contributed by atoms with Crippen molar-refractivity contribution >= 4 is 28.4 Å². The van der Waals surface area contributed by atoms with Crippen LogP contribution in [0.1, 0.15) is 55.3 Å². The van der Waals surface area contributed by atoms with Crippen molar-refractivity contribution in [2.75, 3.05) is 25.1 Å². The van der Waals surface area contributed by atoms with Gasteiger partial charge in [0.1, 0.15) is 11.3 Å².